The van der Waals surface area contributed by atoms with Crippen molar-refractivity contribution in [1.82, 2.24) is 0 Å². The fourth-order valence-electron chi connectivity index (χ4n) is 2.87. The Morgan fingerprint density at radius 3 is 2.68 bits per heavy atom. The normalized spacial score (nSPS) is 34.5. The number of esters is 1. The van der Waals surface area contributed by atoms with Crippen LogP contribution in [0.25, 0.3) is 0 Å². The molecule has 0 aliphatic carbocycles. The van der Waals surface area contributed by atoms with Crippen LogP contribution < -0.4 is 0 Å². The van der Waals surface area contributed by atoms with Crippen LogP contribution in [0, 0.1) is 12.8 Å². The van der Waals surface area contributed by atoms with Gasteiger partial charge in [0.25, 0.3) is 4.87 Å². The average Bonchev–Trinajstić information content (AvgIpc) is 2.98. The van der Waals surface area contributed by atoms with Crippen LogP contribution in [0.1, 0.15) is 19.4 Å². The summed E-state index contributed by atoms with van der Waals surface area (Å²) in [5, 5.41) is 8.18. The molecule has 0 bridgehead atoms. The Morgan fingerprint density at radius 1 is 1.36 bits per heavy atom. The summed E-state index contributed by atoms with van der Waals surface area (Å²) in [6.07, 6.45) is -0.753. The smallest absolute Gasteiger partial charge is 0.352 e. The van der Waals surface area contributed by atoms with Gasteiger partial charge in [-0.05, 0) is 32.9 Å². The zero-order chi connectivity index (χ0) is 15.9. The van der Waals surface area contributed by atoms with E-state index < -0.39 is 33.8 Å². The summed E-state index contributed by atoms with van der Waals surface area (Å²) >= 11 is 0. The highest BCUT2D eigenvalue weighted by Gasteiger charge is 2.68. The zero-order valence-electron chi connectivity index (χ0n) is 12.7. The largest absolute Gasteiger partial charge is 0.433 e. The van der Waals surface area contributed by atoms with E-state index in [1.807, 2.05) is 32.9 Å². The van der Waals surface area contributed by atoms with Gasteiger partial charge in [-0.15, -0.1) is 0 Å². The summed E-state index contributed by atoms with van der Waals surface area (Å²) in [4.78, 5) is 11.5. The van der Waals surface area contributed by atoms with Crippen molar-refractivity contribution >= 4 is 16.8 Å². The highest BCUT2D eigenvalue weighted by atomic mass is 32.2. The lowest BCUT2D eigenvalue weighted by Gasteiger charge is -2.23. The third-order valence-electron chi connectivity index (χ3n) is 4.02. The molecule has 0 spiro atoms. The number of hydrogen-bond acceptors (Lipinski definition) is 6. The molecule has 1 aromatic carbocycles. The monoisotopic (exact) mass is 322 g/mol. The Hall–Kier alpha value is -1.60. The van der Waals surface area contributed by atoms with Gasteiger partial charge in [0.05, 0.1) is 22.8 Å². The van der Waals surface area contributed by atoms with Gasteiger partial charge in [0.2, 0.25) is 6.29 Å². The first kappa shape index (κ1) is 15.3. The highest BCUT2D eigenvalue weighted by molar-refractivity contribution is 7.87. The minimum Gasteiger partial charge on any atom is -0.433 e. The van der Waals surface area contributed by atoms with E-state index in [4.69, 9.17) is 9.47 Å². The molecular formula is C15H18N2O4S. The first-order chi connectivity index (χ1) is 10.5. The van der Waals surface area contributed by atoms with Crippen LogP contribution >= 0.6 is 0 Å². The van der Waals surface area contributed by atoms with E-state index in [0.717, 1.165) is 5.56 Å². The fraction of sp³-hybridized carbons (Fsp3) is 0.533. The lowest BCUT2D eigenvalue weighted by Crippen LogP contribution is -2.45. The van der Waals surface area contributed by atoms with Crippen molar-refractivity contribution in [2.75, 3.05) is 6.61 Å². The van der Waals surface area contributed by atoms with Crippen LogP contribution in [0.5, 0.6) is 0 Å². The Morgan fingerprint density at radius 2 is 2.05 bits per heavy atom. The maximum atomic E-state index is 13.1. The molecule has 1 aromatic rings. The van der Waals surface area contributed by atoms with Crippen molar-refractivity contribution in [3.63, 3.8) is 0 Å². The molecule has 5 atom stereocenters. The quantitative estimate of drug-likeness (QED) is 0.796. The molecule has 2 heterocycles. The first-order valence-electron chi connectivity index (χ1n) is 7.24. The van der Waals surface area contributed by atoms with Gasteiger partial charge >= 0.3 is 5.97 Å². The van der Waals surface area contributed by atoms with E-state index in [-0.39, 0.29) is 6.04 Å². The summed E-state index contributed by atoms with van der Waals surface area (Å²) in [5.41, 5.74) is 1.05. The molecule has 2 aliphatic heterocycles. The molecule has 0 aromatic heterocycles. The number of carbonyl (C=O) groups excluding carboxylic acids is 1. The Labute approximate surface area is 131 Å². The number of benzene rings is 1. The Kier molecular flexibility index (Phi) is 3.86. The third kappa shape index (κ3) is 2.11. The molecule has 3 rings (SSSR count). The second-order valence-corrected chi connectivity index (χ2v) is 7.12. The zero-order valence-corrected chi connectivity index (χ0v) is 13.5. The topological polar surface area (TPSA) is 77.3 Å². The van der Waals surface area contributed by atoms with E-state index in [9.17, 15) is 9.00 Å². The molecule has 2 aliphatic rings. The van der Waals surface area contributed by atoms with Gasteiger partial charge in [0, 0.05) is 11.5 Å². The average molecular weight is 322 g/mol. The molecule has 0 amide bonds. The van der Waals surface area contributed by atoms with Gasteiger partial charge < -0.3 is 9.47 Å². The molecule has 0 radical (unpaired) electrons. The van der Waals surface area contributed by atoms with Gasteiger partial charge in [-0.1, -0.05) is 17.7 Å². The maximum absolute atomic E-state index is 13.1. The van der Waals surface area contributed by atoms with Crippen LogP contribution in [0.2, 0.25) is 0 Å². The molecule has 6 nitrogen and oxygen atoms in total. The Balaban J connectivity index is 2.02. The first-order valence-corrected chi connectivity index (χ1v) is 8.39. The van der Waals surface area contributed by atoms with Crippen molar-refractivity contribution in [3.05, 3.63) is 29.8 Å². The van der Waals surface area contributed by atoms with Crippen LogP contribution in [0.3, 0.4) is 0 Å². The maximum Gasteiger partial charge on any atom is 0.352 e. The fourth-order valence-corrected chi connectivity index (χ4v) is 4.49. The molecule has 7 heteroatoms. The van der Waals surface area contributed by atoms with Gasteiger partial charge in [0.15, 0.2) is 0 Å². The summed E-state index contributed by atoms with van der Waals surface area (Å²) in [6, 6.07) is 6.93. The van der Waals surface area contributed by atoms with E-state index >= 15 is 0 Å². The predicted octanol–water partition coefficient (Wildman–Crippen LogP) is 2.19. The van der Waals surface area contributed by atoms with E-state index in [0.29, 0.717) is 11.5 Å². The number of aryl methyl sites for hydroxylation is 1. The second-order valence-electron chi connectivity index (χ2n) is 5.49. The van der Waals surface area contributed by atoms with E-state index in [2.05, 4.69) is 10.2 Å². The van der Waals surface area contributed by atoms with Crippen molar-refractivity contribution < 1.29 is 18.5 Å². The van der Waals surface area contributed by atoms with E-state index in [1.54, 1.807) is 12.1 Å². The molecule has 22 heavy (non-hydrogen) atoms. The number of ether oxygens (including phenoxy) is 2. The predicted molar refractivity (Wildman–Crippen MR) is 79.6 cm³/mol. The molecule has 1 saturated heterocycles. The molecule has 1 unspecified atom stereocenters. The number of fused-ring (bicyclic) bond motifs is 1. The summed E-state index contributed by atoms with van der Waals surface area (Å²) in [7, 11) is -1.68. The number of nitrogens with zero attached hydrogens (tertiary/aromatic N) is 2. The number of azo groups is 1. The second kappa shape index (κ2) is 5.55. The van der Waals surface area contributed by atoms with Crippen LogP contribution in [-0.2, 0) is 25.1 Å². The van der Waals surface area contributed by atoms with Crippen molar-refractivity contribution in [3.8, 4) is 0 Å². The number of carbonyl (C=O) groups is 1. The molecule has 0 N–H and O–H groups in total. The summed E-state index contributed by atoms with van der Waals surface area (Å²) in [6.45, 7) is 5.99. The van der Waals surface area contributed by atoms with Crippen LogP contribution in [-0.4, -0.2) is 34.0 Å². The molecule has 0 saturated carbocycles. The van der Waals surface area contributed by atoms with Gasteiger partial charge in [-0.2, -0.15) is 10.2 Å². The molecular weight excluding hydrogens is 304 g/mol. The van der Waals surface area contributed by atoms with Gasteiger partial charge in [-0.3, -0.25) is 4.21 Å². The molecule has 118 valence electrons. The lowest BCUT2D eigenvalue weighted by atomic mass is 9.96. The Bertz CT molecular complexity index is 645. The summed E-state index contributed by atoms with van der Waals surface area (Å²) in [5.74, 6) is -1.09. The van der Waals surface area contributed by atoms with Crippen LogP contribution in [0.15, 0.2) is 39.4 Å². The van der Waals surface area contributed by atoms with Crippen molar-refractivity contribution in [2.45, 2.75) is 42.9 Å². The number of rotatable bonds is 4. The van der Waals surface area contributed by atoms with E-state index in [1.165, 1.54) is 0 Å². The standard InChI is InChI=1S/C15H18N2O4S/c1-4-20-13-12-10(3)16-17-15(12,14(18)21-13)22(19)11-7-5-9(2)6-8-11/h5-8,10,12-13H,4H2,1-3H3/t10-,12+,13+,15-,22?/m1/s1. The third-order valence-corrected chi connectivity index (χ3v) is 5.80. The summed E-state index contributed by atoms with van der Waals surface area (Å²) < 4.78 is 23.9. The van der Waals surface area contributed by atoms with Crippen LogP contribution in [0.4, 0.5) is 0 Å². The molecule has 1 fully saturated rings. The SMILES string of the molecule is CCO[C@H]1OC(=O)[C@@]2(S(=O)c3ccc(C)cc3)N=N[C@H](C)[C@@H]12. The lowest BCUT2D eigenvalue weighted by molar-refractivity contribution is -0.167. The van der Waals surface area contributed by atoms with Gasteiger partial charge in [0.1, 0.15) is 0 Å². The minimum atomic E-state index is -1.68. The highest BCUT2D eigenvalue weighted by Crippen LogP contribution is 2.47. The number of hydrogen-bond donors (Lipinski definition) is 0. The van der Waals surface area contributed by atoms with Crippen molar-refractivity contribution in [2.24, 2.45) is 16.1 Å². The van der Waals surface area contributed by atoms with Gasteiger partial charge in [-0.25, -0.2) is 4.79 Å². The van der Waals surface area contributed by atoms with Crippen molar-refractivity contribution in [1.29, 1.82) is 0 Å². The minimum absolute atomic E-state index is 0.280. The number of cyclic esters (lactones) is 1.